The fourth-order valence-corrected chi connectivity index (χ4v) is 3.91. The molecule has 1 aromatic heterocycles. The molecule has 0 fully saturated rings. The summed E-state index contributed by atoms with van der Waals surface area (Å²) in [5, 5.41) is 3.11. The van der Waals surface area contributed by atoms with Gasteiger partial charge in [-0.15, -0.1) is 0 Å². The number of hydrogen-bond donors (Lipinski definition) is 1. The molecule has 1 amide bonds. The third-order valence-corrected chi connectivity index (χ3v) is 5.41. The number of carbonyl (C=O) groups excluding carboxylic acids is 1. The number of pyridine rings is 1. The molecule has 2 heterocycles. The molecule has 1 N–H and O–H groups in total. The van der Waals surface area contributed by atoms with E-state index in [2.05, 4.69) is 21.3 Å². The van der Waals surface area contributed by atoms with Crippen molar-refractivity contribution in [2.24, 2.45) is 0 Å². The van der Waals surface area contributed by atoms with E-state index in [1.165, 1.54) is 12.1 Å². The van der Waals surface area contributed by atoms with Gasteiger partial charge in [0.2, 0.25) is 5.91 Å². The normalized spacial score (nSPS) is 17.2. The molecule has 5 nitrogen and oxygen atoms in total. The lowest BCUT2D eigenvalue weighted by molar-refractivity contribution is -0.122. The number of nitrogens with zero attached hydrogens (tertiary/aromatic N) is 2. The average molecular weight is 420 g/mol. The van der Waals surface area contributed by atoms with Gasteiger partial charge in [-0.3, -0.25) is 14.7 Å². The van der Waals surface area contributed by atoms with E-state index in [1.807, 2.05) is 37.3 Å². The molecule has 0 bridgehead atoms. The van der Waals surface area contributed by atoms with Crippen LogP contribution in [0.1, 0.15) is 36.1 Å². The van der Waals surface area contributed by atoms with Gasteiger partial charge in [0.05, 0.1) is 6.04 Å². The van der Waals surface area contributed by atoms with Crippen LogP contribution in [-0.2, 0) is 11.3 Å². The molecule has 3 aromatic rings. The van der Waals surface area contributed by atoms with Crippen LogP contribution < -0.4 is 10.1 Å². The highest BCUT2D eigenvalue weighted by atomic mass is 19.1. The third kappa shape index (κ3) is 5.47. The Kier molecular flexibility index (Phi) is 6.57. The molecule has 31 heavy (non-hydrogen) atoms. The summed E-state index contributed by atoms with van der Waals surface area (Å²) in [7, 11) is 0. The predicted molar refractivity (Wildman–Crippen MR) is 117 cm³/mol. The molecular weight excluding hydrogens is 393 g/mol. The SMILES string of the molecule is CC1CN(CCC(=O)NC(c2ccncc2)c2ccc(F)cc2)Cc2ccccc2O1. The number of aromatic nitrogens is 1. The van der Waals surface area contributed by atoms with Gasteiger partial charge in [-0.2, -0.15) is 0 Å². The van der Waals surface area contributed by atoms with Crippen LogP contribution in [0.5, 0.6) is 5.75 Å². The fraction of sp³-hybridized carbons (Fsp3) is 0.280. The van der Waals surface area contributed by atoms with Crippen molar-refractivity contribution < 1.29 is 13.9 Å². The van der Waals surface area contributed by atoms with Crippen LogP contribution in [0, 0.1) is 5.82 Å². The number of ether oxygens (including phenoxy) is 1. The molecule has 4 rings (SSSR count). The highest BCUT2D eigenvalue weighted by molar-refractivity contribution is 5.77. The minimum atomic E-state index is -0.358. The number of benzene rings is 2. The summed E-state index contributed by atoms with van der Waals surface area (Å²) < 4.78 is 19.4. The second-order valence-electron chi connectivity index (χ2n) is 7.85. The topological polar surface area (TPSA) is 54.5 Å². The van der Waals surface area contributed by atoms with Crippen molar-refractivity contribution in [3.63, 3.8) is 0 Å². The Labute approximate surface area is 181 Å². The van der Waals surface area contributed by atoms with Gasteiger partial charge in [0.1, 0.15) is 17.7 Å². The highest BCUT2D eigenvalue weighted by Gasteiger charge is 2.22. The maximum atomic E-state index is 13.4. The molecule has 0 spiro atoms. The number of fused-ring (bicyclic) bond motifs is 1. The van der Waals surface area contributed by atoms with Crippen LogP contribution in [-0.4, -0.2) is 35.0 Å². The van der Waals surface area contributed by atoms with E-state index in [0.717, 1.165) is 35.5 Å². The molecule has 0 saturated carbocycles. The third-order valence-electron chi connectivity index (χ3n) is 5.41. The zero-order valence-electron chi connectivity index (χ0n) is 17.5. The van der Waals surface area contributed by atoms with Gasteiger partial charge in [0.25, 0.3) is 0 Å². The maximum Gasteiger partial charge on any atom is 0.222 e. The lowest BCUT2D eigenvalue weighted by atomic mass is 9.99. The van der Waals surface area contributed by atoms with Crippen molar-refractivity contribution in [2.75, 3.05) is 13.1 Å². The number of halogens is 1. The highest BCUT2D eigenvalue weighted by Crippen LogP contribution is 2.25. The van der Waals surface area contributed by atoms with Gasteiger partial charge < -0.3 is 10.1 Å². The first kappa shape index (κ1) is 21.0. The first-order chi connectivity index (χ1) is 15.1. The van der Waals surface area contributed by atoms with Crippen LogP contribution >= 0.6 is 0 Å². The number of nitrogens with one attached hydrogen (secondary N) is 1. The number of para-hydroxylation sites is 1. The smallest absolute Gasteiger partial charge is 0.222 e. The molecule has 1 aliphatic heterocycles. The second kappa shape index (κ2) is 9.71. The Morgan fingerprint density at radius 1 is 1.13 bits per heavy atom. The van der Waals surface area contributed by atoms with Crippen LogP contribution in [0.25, 0.3) is 0 Å². The van der Waals surface area contributed by atoms with E-state index in [9.17, 15) is 9.18 Å². The van der Waals surface area contributed by atoms with E-state index >= 15 is 0 Å². The zero-order valence-corrected chi connectivity index (χ0v) is 17.5. The predicted octanol–water partition coefficient (Wildman–Crippen LogP) is 4.10. The molecule has 2 unspecified atom stereocenters. The van der Waals surface area contributed by atoms with Gasteiger partial charge in [-0.05, 0) is 48.4 Å². The van der Waals surface area contributed by atoms with Crippen LogP contribution in [0.2, 0.25) is 0 Å². The van der Waals surface area contributed by atoms with Gasteiger partial charge in [0, 0.05) is 44.0 Å². The second-order valence-corrected chi connectivity index (χ2v) is 7.85. The Morgan fingerprint density at radius 2 is 1.84 bits per heavy atom. The van der Waals surface area contributed by atoms with Gasteiger partial charge in [-0.25, -0.2) is 4.39 Å². The zero-order chi connectivity index (χ0) is 21.6. The maximum absolute atomic E-state index is 13.4. The van der Waals surface area contributed by atoms with E-state index in [0.29, 0.717) is 13.0 Å². The van der Waals surface area contributed by atoms with Crippen LogP contribution in [0.4, 0.5) is 4.39 Å². The van der Waals surface area contributed by atoms with Gasteiger partial charge in [-0.1, -0.05) is 30.3 Å². The fourth-order valence-electron chi connectivity index (χ4n) is 3.91. The van der Waals surface area contributed by atoms with Crippen molar-refractivity contribution in [3.8, 4) is 5.75 Å². The quantitative estimate of drug-likeness (QED) is 0.654. The standard InChI is InChI=1S/C25H26FN3O2/c1-18-16-29(17-21-4-2-3-5-23(21)31-18)15-12-24(30)28-25(20-10-13-27-14-11-20)19-6-8-22(26)9-7-19/h2-11,13-14,18,25H,12,15-17H2,1H3,(H,28,30). The Balaban J connectivity index is 1.43. The minimum Gasteiger partial charge on any atom is -0.489 e. The van der Waals surface area contributed by atoms with E-state index < -0.39 is 0 Å². The van der Waals surface area contributed by atoms with Crippen LogP contribution in [0.3, 0.4) is 0 Å². The Morgan fingerprint density at radius 3 is 2.61 bits per heavy atom. The summed E-state index contributed by atoms with van der Waals surface area (Å²) >= 11 is 0. The molecular formula is C25H26FN3O2. The van der Waals surface area contributed by atoms with Crippen molar-refractivity contribution in [2.45, 2.75) is 32.0 Å². The lowest BCUT2D eigenvalue weighted by Gasteiger charge is -2.23. The van der Waals surface area contributed by atoms with Gasteiger partial charge >= 0.3 is 0 Å². The largest absolute Gasteiger partial charge is 0.489 e. The minimum absolute atomic E-state index is 0.0514. The number of hydrogen-bond acceptors (Lipinski definition) is 4. The van der Waals surface area contributed by atoms with Crippen molar-refractivity contribution >= 4 is 5.91 Å². The summed E-state index contributed by atoms with van der Waals surface area (Å²) in [5.41, 5.74) is 2.86. The van der Waals surface area contributed by atoms with E-state index in [4.69, 9.17) is 4.74 Å². The summed E-state index contributed by atoms with van der Waals surface area (Å²) in [4.78, 5) is 19.2. The molecule has 0 radical (unpaired) electrons. The summed E-state index contributed by atoms with van der Waals surface area (Å²) in [6.07, 6.45) is 3.79. The molecule has 2 aromatic carbocycles. The Bertz CT molecular complexity index is 1010. The lowest BCUT2D eigenvalue weighted by Crippen LogP contribution is -2.36. The van der Waals surface area contributed by atoms with Crippen LogP contribution in [0.15, 0.2) is 73.1 Å². The molecule has 6 heteroatoms. The molecule has 160 valence electrons. The molecule has 0 aliphatic carbocycles. The molecule has 0 saturated heterocycles. The summed E-state index contributed by atoms with van der Waals surface area (Å²) in [5.74, 6) is 0.551. The number of carbonyl (C=O) groups is 1. The Hall–Kier alpha value is -3.25. The summed E-state index contributed by atoms with van der Waals surface area (Å²) in [6, 6.07) is 17.6. The van der Waals surface area contributed by atoms with Crippen molar-refractivity contribution in [1.82, 2.24) is 15.2 Å². The number of rotatable bonds is 6. The average Bonchev–Trinajstić information content (AvgIpc) is 2.95. The molecule has 1 aliphatic rings. The summed E-state index contributed by atoms with van der Waals surface area (Å²) in [6.45, 7) is 4.18. The monoisotopic (exact) mass is 419 g/mol. The van der Waals surface area contributed by atoms with E-state index in [1.54, 1.807) is 24.5 Å². The first-order valence-corrected chi connectivity index (χ1v) is 10.5. The van der Waals surface area contributed by atoms with Crippen molar-refractivity contribution in [3.05, 3.63) is 95.6 Å². The first-order valence-electron chi connectivity index (χ1n) is 10.5. The molecule has 2 atom stereocenters. The van der Waals surface area contributed by atoms with Gasteiger partial charge in [0.15, 0.2) is 0 Å². The van der Waals surface area contributed by atoms with E-state index in [-0.39, 0.29) is 23.9 Å². The number of amides is 1. The van der Waals surface area contributed by atoms with Crippen molar-refractivity contribution in [1.29, 1.82) is 0 Å².